The van der Waals surface area contributed by atoms with Gasteiger partial charge in [-0.15, -0.1) is 0 Å². The summed E-state index contributed by atoms with van der Waals surface area (Å²) in [5.74, 6) is -0.0107. The Kier molecular flexibility index (Phi) is 3.94. The molecule has 1 saturated carbocycles. The van der Waals surface area contributed by atoms with E-state index in [1.807, 2.05) is 36.4 Å². The van der Waals surface area contributed by atoms with Crippen molar-refractivity contribution in [3.05, 3.63) is 59.4 Å². The number of aromatic nitrogens is 1. The van der Waals surface area contributed by atoms with E-state index in [1.54, 1.807) is 0 Å². The van der Waals surface area contributed by atoms with E-state index in [1.165, 1.54) is 12.3 Å². The van der Waals surface area contributed by atoms with Crippen molar-refractivity contribution in [1.82, 2.24) is 10.3 Å². The van der Waals surface area contributed by atoms with Crippen molar-refractivity contribution in [3.8, 4) is 6.07 Å². The lowest BCUT2D eigenvalue weighted by Crippen LogP contribution is -2.41. The van der Waals surface area contributed by atoms with Gasteiger partial charge in [0.05, 0.1) is 17.7 Å². The molecule has 1 aromatic carbocycles. The number of nitrogens with one attached hydrogen (secondary N) is 2. The number of nitriles is 1. The summed E-state index contributed by atoms with van der Waals surface area (Å²) in [6.45, 7) is 0. The van der Waals surface area contributed by atoms with Crippen LogP contribution in [-0.4, -0.2) is 22.1 Å². The van der Waals surface area contributed by atoms with Gasteiger partial charge in [0, 0.05) is 6.20 Å². The van der Waals surface area contributed by atoms with Crippen LogP contribution in [0.1, 0.15) is 40.5 Å². The number of carbonyl (C=O) groups is 1. The molecule has 0 radical (unpaired) electrons. The van der Waals surface area contributed by atoms with E-state index in [0.29, 0.717) is 24.1 Å². The molecule has 1 aliphatic rings. The number of aliphatic hydroxyl groups excluding tert-OH is 1. The standard InChI is InChI=1S/C17H17N3O2/c18-9-11-6-15(19-10-11)17(22)20-16(13-7-14(21)8-13)12-4-2-1-3-5-12/h1-6,10,13-14,16,19,21H,7-8H2,(H,20,22)/t13?,14?,16-/m1/s1. The van der Waals surface area contributed by atoms with Gasteiger partial charge in [0.25, 0.3) is 5.91 Å². The first-order chi connectivity index (χ1) is 10.7. The fourth-order valence-electron chi connectivity index (χ4n) is 2.84. The molecular weight excluding hydrogens is 278 g/mol. The van der Waals surface area contributed by atoms with Crippen LogP contribution in [0.5, 0.6) is 0 Å². The Hall–Kier alpha value is -2.58. The van der Waals surface area contributed by atoms with Crippen LogP contribution in [0, 0.1) is 17.2 Å². The van der Waals surface area contributed by atoms with Crippen LogP contribution in [0.15, 0.2) is 42.6 Å². The fourth-order valence-corrected chi connectivity index (χ4v) is 2.84. The van der Waals surface area contributed by atoms with Crippen LogP contribution >= 0.6 is 0 Å². The van der Waals surface area contributed by atoms with Crippen molar-refractivity contribution in [1.29, 1.82) is 5.26 Å². The van der Waals surface area contributed by atoms with Crippen LogP contribution in [0.4, 0.5) is 0 Å². The zero-order chi connectivity index (χ0) is 15.5. The van der Waals surface area contributed by atoms with E-state index in [2.05, 4.69) is 10.3 Å². The van der Waals surface area contributed by atoms with Crippen molar-refractivity contribution >= 4 is 5.91 Å². The third-order valence-corrected chi connectivity index (χ3v) is 4.12. The number of carbonyl (C=O) groups excluding carboxylic acids is 1. The van der Waals surface area contributed by atoms with Gasteiger partial charge in [0.2, 0.25) is 0 Å². The quantitative estimate of drug-likeness (QED) is 0.807. The molecular formula is C17H17N3O2. The molecule has 0 spiro atoms. The summed E-state index contributed by atoms with van der Waals surface area (Å²) in [5, 5.41) is 21.4. The minimum absolute atomic E-state index is 0.133. The zero-order valence-electron chi connectivity index (χ0n) is 12.0. The second-order valence-corrected chi connectivity index (χ2v) is 5.66. The van der Waals surface area contributed by atoms with Gasteiger partial charge in [-0.05, 0) is 30.4 Å². The minimum Gasteiger partial charge on any atom is -0.393 e. The predicted octanol–water partition coefficient (Wildman–Crippen LogP) is 2.13. The number of hydrogen-bond acceptors (Lipinski definition) is 3. The Morgan fingerprint density at radius 3 is 2.68 bits per heavy atom. The molecule has 1 aromatic heterocycles. The molecule has 1 amide bonds. The van der Waals surface area contributed by atoms with Gasteiger partial charge in [0.15, 0.2) is 0 Å². The largest absolute Gasteiger partial charge is 0.393 e. The summed E-state index contributed by atoms with van der Waals surface area (Å²) < 4.78 is 0. The molecule has 1 atom stereocenters. The molecule has 1 fully saturated rings. The van der Waals surface area contributed by atoms with E-state index in [-0.39, 0.29) is 24.0 Å². The average Bonchev–Trinajstić information content (AvgIpc) is 3.00. The highest BCUT2D eigenvalue weighted by Crippen LogP contribution is 2.38. The monoisotopic (exact) mass is 295 g/mol. The summed E-state index contributed by atoms with van der Waals surface area (Å²) in [5.41, 5.74) is 1.83. The number of aliphatic hydroxyl groups is 1. The Morgan fingerprint density at radius 2 is 2.09 bits per heavy atom. The van der Waals surface area contributed by atoms with Crippen LogP contribution in [0.2, 0.25) is 0 Å². The number of rotatable bonds is 4. The van der Waals surface area contributed by atoms with Crippen LogP contribution < -0.4 is 5.32 Å². The smallest absolute Gasteiger partial charge is 0.268 e. The SMILES string of the molecule is N#Cc1c[nH]c(C(=O)N[C@H](c2ccccc2)C2CC(O)C2)c1. The average molecular weight is 295 g/mol. The second kappa shape index (κ2) is 6.04. The third kappa shape index (κ3) is 2.87. The highest BCUT2D eigenvalue weighted by atomic mass is 16.3. The van der Waals surface area contributed by atoms with Crippen molar-refractivity contribution in [3.63, 3.8) is 0 Å². The molecule has 2 aromatic rings. The molecule has 0 saturated heterocycles. The molecule has 5 heteroatoms. The first kappa shape index (κ1) is 14.4. The second-order valence-electron chi connectivity index (χ2n) is 5.66. The van der Waals surface area contributed by atoms with Gasteiger partial charge in [-0.25, -0.2) is 0 Å². The van der Waals surface area contributed by atoms with E-state index in [9.17, 15) is 9.90 Å². The first-order valence-electron chi connectivity index (χ1n) is 7.29. The summed E-state index contributed by atoms with van der Waals surface area (Å²) in [7, 11) is 0. The molecule has 5 nitrogen and oxygen atoms in total. The molecule has 22 heavy (non-hydrogen) atoms. The van der Waals surface area contributed by atoms with Gasteiger partial charge in [-0.2, -0.15) is 5.26 Å². The molecule has 0 unspecified atom stereocenters. The molecule has 0 bridgehead atoms. The maximum absolute atomic E-state index is 12.4. The molecule has 3 N–H and O–H groups in total. The normalized spacial score (nSPS) is 21.5. The number of benzene rings is 1. The van der Waals surface area contributed by atoms with Crippen molar-refractivity contribution in [2.45, 2.75) is 25.0 Å². The van der Waals surface area contributed by atoms with Gasteiger partial charge in [-0.1, -0.05) is 30.3 Å². The molecule has 0 aliphatic heterocycles. The lowest BCUT2D eigenvalue weighted by molar-refractivity contribution is 0.0235. The minimum atomic E-state index is -0.274. The Balaban J connectivity index is 1.78. The van der Waals surface area contributed by atoms with Gasteiger partial charge in [0.1, 0.15) is 11.8 Å². The summed E-state index contributed by atoms with van der Waals surface area (Å²) >= 11 is 0. The topological polar surface area (TPSA) is 88.9 Å². The number of hydrogen-bond donors (Lipinski definition) is 3. The predicted molar refractivity (Wildman–Crippen MR) is 80.9 cm³/mol. The van der Waals surface area contributed by atoms with Crippen molar-refractivity contribution in [2.75, 3.05) is 0 Å². The van der Waals surface area contributed by atoms with Crippen LogP contribution in [0.3, 0.4) is 0 Å². The van der Waals surface area contributed by atoms with E-state index in [0.717, 1.165) is 5.56 Å². The Morgan fingerprint density at radius 1 is 1.36 bits per heavy atom. The van der Waals surface area contributed by atoms with Gasteiger partial charge < -0.3 is 15.4 Å². The van der Waals surface area contributed by atoms with Gasteiger partial charge in [-0.3, -0.25) is 4.79 Å². The Labute approximate surface area is 128 Å². The highest BCUT2D eigenvalue weighted by Gasteiger charge is 2.35. The van der Waals surface area contributed by atoms with E-state index >= 15 is 0 Å². The molecule has 1 heterocycles. The third-order valence-electron chi connectivity index (χ3n) is 4.12. The van der Waals surface area contributed by atoms with E-state index in [4.69, 9.17) is 5.26 Å². The molecule has 1 aliphatic carbocycles. The highest BCUT2D eigenvalue weighted by molar-refractivity contribution is 5.93. The lowest BCUT2D eigenvalue weighted by Gasteiger charge is -2.38. The van der Waals surface area contributed by atoms with Crippen molar-refractivity contribution in [2.24, 2.45) is 5.92 Å². The van der Waals surface area contributed by atoms with Crippen LogP contribution in [0.25, 0.3) is 0 Å². The number of amides is 1. The zero-order valence-corrected chi connectivity index (χ0v) is 12.0. The first-order valence-corrected chi connectivity index (χ1v) is 7.29. The maximum atomic E-state index is 12.4. The van der Waals surface area contributed by atoms with Gasteiger partial charge >= 0.3 is 0 Å². The summed E-state index contributed by atoms with van der Waals surface area (Å²) in [6, 6.07) is 13.2. The lowest BCUT2D eigenvalue weighted by atomic mass is 9.75. The molecule has 112 valence electrons. The number of aromatic amines is 1. The van der Waals surface area contributed by atoms with E-state index < -0.39 is 0 Å². The van der Waals surface area contributed by atoms with Crippen LogP contribution in [-0.2, 0) is 0 Å². The summed E-state index contributed by atoms with van der Waals surface area (Å²) in [6.07, 6.45) is 2.62. The number of H-pyrrole nitrogens is 1. The Bertz CT molecular complexity index is 696. The van der Waals surface area contributed by atoms with Crippen molar-refractivity contribution < 1.29 is 9.90 Å². The fraction of sp³-hybridized carbons (Fsp3) is 0.294. The number of nitrogens with zero attached hydrogens (tertiary/aromatic N) is 1. The maximum Gasteiger partial charge on any atom is 0.268 e. The summed E-state index contributed by atoms with van der Waals surface area (Å²) in [4.78, 5) is 15.2. The molecule has 3 rings (SSSR count).